The topological polar surface area (TPSA) is 56.1 Å². The zero-order valence-corrected chi connectivity index (χ0v) is 16.3. The fourth-order valence-corrected chi connectivity index (χ4v) is 3.15. The molecule has 1 aromatic carbocycles. The predicted molar refractivity (Wildman–Crippen MR) is 102 cm³/mol. The van der Waals surface area contributed by atoms with E-state index in [1.165, 1.54) is 12.1 Å². The van der Waals surface area contributed by atoms with E-state index in [1.807, 2.05) is 6.07 Å². The van der Waals surface area contributed by atoms with Gasteiger partial charge >= 0.3 is 0 Å². The Hall–Kier alpha value is -2.21. The Morgan fingerprint density at radius 2 is 2.07 bits per heavy atom. The molecule has 1 saturated heterocycles. The number of ether oxygens (including phenoxy) is 1. The summed E-state index contributed by atoms with van der Waals surface area (Å²) < 4.78 is 20.4. The predicted octanol–water partition coefficient (Wildman–Crippen LogP) is 3.52. The maximum Gasteiger partial charge on any atom is 0.269 e. The first-order chi connectivity index (χ1) is 12.8. The first-order valence-corrected chi connectivity index (χ1v) is 9.51. The van der Waals surface area contributed by atoms with E-state index >= 15 is 0 Å². The van der Waals surface area contributed by atoms with Gasteiger partial charge in [0.1, 0.15) is 11.5 Å². The van der Waals surface area contributed by atoms with Gasteiger partial charge in [-0.2, -0.15) is 5.10 Å². The second-order valence-corrected chi connectivity index (χ2v) is 8.24. The molecule has 3 rings (SSSR count). The van der Waals surface area contributed by atoms with Crippen LogP contribution in [0.3, 0.4) is 0 Å². The molecule has 5 nitrogen and oxygen atoms in total. The van der Waals surface area contributed by atoms with Crippen molar-refractivity contribution in [2.24, 2.45) is 5.92 Å². The quantitative estimate of drug-likeness (QED) is 0.872. The lowest BCUT2D eigenvalue weighted by atomic mass is 9.92. The number of nitrogens with one attached hydrogen (secondary N) is 1. The Bertz CT molecular complexity index is 772. The van der Waals surface area contributed by atoms with Crippen LogP contribution in [0.1, 0.15) is 55.4 Å². The highest BCUT2D eigenvalue weighted by Crippen LogP contribution is 2.22. The summed E-state index contributed by atoms with van der Waals surface area (Å²) in [6.07, 6.45) is 2.11. The lowest BCUT2D eigenvalue weighted by molar-refractivity contribution is 0.0535. The molecule has 2 heterocycles. The van der Waals surface area contributed by atoms with Crippen molar-refractivity contribution < 1.29 is 13.9 Å². The maximum atomic E-state index is 13.2. The molecule has 146 valence electrons. The minimum Gasteiger partial charge on any atom is -0.381 e. The van der Waals surface area contributed by atoms with Gasteiger partial charge in [-0.3, -0.25) is 9.48 Å². The summed E-state index contributed by atoms with van der Waals surface area (Å²) >= 11 is 0. The summed E-state index contributed by atoms with van der Waals surface area (Å²) in [6, 6.07) is 8.14. The van der Waals surface area contributed by atoms with Gasteiger partial charge in [0.25, 0.3) is 5.91 Å². The van der Waals surface area contributed by atoms with E-state index in [0.717, 1.165) is 30.7 Å². The van der Waals surface area contributed by atoms with Gasteiger partial charge in [0.2, 0.25) is 0 Å². The number of benzene rings is 1. The zero-order valence-electron chi connectivity index (χ0n) is 16.3. The third-order valence-corrected chi connectivity index (χ3v) is 4.83. The van der Waals surface area contributed by atoms with E-state index < -0.39 is 0 Å². The molecule has 1 aliphatic heterocycles. The van der Waals surface area contributed by atoms with E-state index in [4.69, 9.17) is 4.74 Å². The molecule has 27 heavy (non-hydrogen) atoms. The van der Waals surface area contributed by atoms with Gasteiger partial charge in [0.15, 0.2) is 0 Å². The van der Waals surface area contributed by atoms with Gasteiger partial charge in [-0.05, 0) is 42.5 Å². The summed E-state index contributed by atoms with van der Waals surface area (Å²) in [5, 5.41) is 7.68. The van der Waals surface area contributed by atoms with Gasteiger partial charge in [0.05, 0.1) is 18.8 Å². The van der Waals surface area contributed by atoms with E-state index in [1.54, 1.807) is 16.8 Å². The van der Waals surface area contributed by atoms with Crippen LogP contribution in [-0.2, 0) is 16.7 Å². The normalized spacial score (nSPS) is 17.7. The molecule has 1 aliphatic rings. The van der Waals surface area contributed by atoms with Gasteiger partial charge in [0, 0.05) is 18.6 Å². The fourth-order valence-electron chi connectivity index (χ4n) is 3.15. The number of hydrogen-bond donors (Lipinski definition) is 1. The molecule has 0 radical (unpaired) electrons. The summed E-state index contributed by atoms with van der Waals surface area (Å²) in [5.74, 6) is -0.0498. The van der Waals surface area contributed by atoms with Crippen LogP contribution in [0.4, 0.5) is 4.39 Å². The highest BCUT2D eigenvalue weighted by Gasteiger charge is 2.24. The molecule has 0 spiro atoms. The van der Waals surface area contributed by atoms with Crippen molar-refractivity contribution in [2.45, 2.75) is 45.6 Å². The van der Waals surface area contributed by atoms with Crippen LogP contribution < -0.4 is 5.32 Å². The van der Waals surface area contributed by atoms with E-state index in [0.29, 0.717) is 31.3 Å². The van der Waals surface area contributed by atoms with Crippen LogP contribution in [0.15, 0.2) is 30.3 Å². The number of amides is 1. The maximum absolute atomic E-state index is 13.2. The average Bonchev–Trinajstić information content (AvgIpc) is 3.07. The van der Waals surface area contributed by atoms with Crippen molar-refractivity contribution in [1.82, 2.24) is 15.1 Å². The second kappa shape index (κ2) is 8.21. The molecule has 1 amide bonds. The van der Waals surface area contributed by atoms with Gasteiger partial charge in [-0.1, -0.05) is 32.9 Å². The lowest BCUT2D eigenvalue weighted by Crippen LogP contribution is -2.34. The van der Waals surface area contributed by atoms with Crippen LogP contribution in [0.25, 0.3) is 0 Å². The average molecular weight is 373 g/mol. The van der Waals surface area contributed by atoms with Crippen LogP contribution in [0.5, 0.6) is 0 Å². The third-order valence-electron chi connectivity index (χ3n) is 4.83. The Balaban J connectivity index is 1.77. The van der Waals surface area contributed by atoms with Crippen LogP contribution in [0, 0.1) is 11.7 Å². The van der Waals surface area contributed by atoms with E-state index in [2.05, 4.69) is 31.2 Å². The number of rotatable bonds is 5. The highest BCUT2D eigenvalue weighted by molar-refractivity contribution is 5.92. The third kappa shape index (κ3) is 5.16. The summed E-state index contributed by atoms with van der Waals surface area (Å²) in [7, 11) is 0. The zero-order chi connectivity index (χ0) is 19.4. The van der Waals surface area contributed by atoms with Gasteiger partial charge in [-0.15, -0.1) is 0 Å². The highest BCUT2D eigenvalue weighted by atomic mass is 19.1. The summed E-state index contributed by atoms with van der Waals surface area (Å²) in [4.78, 5) is 12.8. The van der Waals surface area contributed by atoms with Crippen molar-refractivity contribution in [3.63, 3.8) is 0 Å². The molecule has 0 bridgehead atoms. The van der Waals surface area contributed by atoms with Crippen LogP contribution in [0.2, 0.25) is 0 Å². The molecule has 2 aromatic rings. The van der Waals surface area contributed by atoms with Crippen molar-refractivity contribution in [2.75, 3.05) is 19.8 Å². The Kier molecular flexibility index (Phi) is 5.95. The Labute approximate surface area is 159 Å². The number of carbonyl (C=O) groups excluding carboxylic acids is 1. The number of hydrogen-bond acceptors (Lipinski definition) is 3. The van der Waals surface area contributed by atoms with Gasteiger partial charge < -0.3 is 10.1 Å². The first-order valence-electron chi connectivity index (χ1n) is 9.51. The van der Waals surface area contributed by atoms with E-state index in [-0.39, 0.29) is 17.1 Å². The van der Waals surface area contributed by atoms with Gasteiger partial charge in [-0.25, -0.2) is 4.39 Å². The van der Waals surface area contributed by atoms with Crippen molar-refractivity contribution in [3.8, 4) is 0 Å². The number of halogens is 1. The smallest absolute Gasteiger partial charge is 0.269 e. The Morgan fingerprint density at radius 1 is 1.33 bits per heavy atom. The molecular formula is C21H28FN3O2. The van der Waals surface area contributed by atoms with Crippen molar-refractivity contribution in [1.29, 1.82) is 0 Å². The summed E-state index contributed by atoms with van der Waals surface area (Å²) in [5.41, 5.74) is 2.12. The second-order valence-electron chi connectivity index (χ2n) is 8.24. The molecule has 1 unspecified atom stereocenters. The number of aromatic nitrogens is 2. The molecule has 1 fully saturated rings. The van der Waals surface area contributed by atoms with Crippen LogP contribution >= 0.6 is 0 Å². The fraction of sp³-hybridized carbons (Fsp3) is 0.524. The molecular weight excluding hydrogens is 345 g/mol. The lowest BCUT2D eigenvalue weighted by Gasteiger charge is -2.22. The number of nitrogens with zero attached hydrogens (tertiary/aromatic N) is 2. The summed E-state index contributed by atoms with van der Waals surface area (Å²) in [6.45, 7) is 8.74. The van der Waals surface area contributed by atoms with Crippen molar-refractivity contribution in [3.05, 3.63) is 53.1 Å². The standard InChI is InChI=1S/C21H28FN3O2/c1-21(2,3)19-11-18(20(26)23-12-16-5-4-10-27-14-16)25(24-19)13-15-6-8-17(22)9-7-15/h6-9,11,16H,4-5,10,12-14H2,1-3H3,(H,23,26). The molecule has 1 aromatic heterocycles. The monoisotopic (exact) mass is 373 g/mol. The molecule has 6 heteroatoms. The number of carbonyl (C=O) groups is 1. The molecule has 0 saturated carbocycles. The molecule has 0 aliphatic carbocycles. The minimum absolute atomic E-state index is 0.134. The Morgan fingerprint density at radius 3 is 2.70 bits per heavy atom. The molecule has 1 N–H and O–H groups in total. The van der Waals surface area contributed by atoms with E-state index in [9.17, 15) is 9.18 Å². The van der Waals surface area contributed by atoms with Crippen molar-refractivity contribution >= 4 is 5.91 Å². The molecule has 1 atom stereocenters. The SMILES string of the molecule is CC(C)(C)c1cc(C(=O)NCC2CCCOC2)n(Cc2ccc(F)cc2)n1. The minimum atomic E-state index is -0.276. The largest absolute Gasteiger partial charge is 0.381 e. The van der Waals surface area contributed by atoms with Crippen LogP contribution in [-0.4, -0.2) is 35.4 Å². The first kappa shape index (κ1) is 19.5.